The van der Waals surface area contributed by atoms with E-state index in [1.807, 2.05) is 13.8 Å². The summed E-state index contributed by atoms with van der Waals surface area (Å²) in [6.07, 6.45) is 6.90. The van der Waals surface area contributed by atoms with Gasteiger partial charge in [0.25, 0.3) is 0 Å². The van der Waals surface area contributed by atoms with Crippen LogP contribution in [0.5, 0.6) is 0 Å². The fraction of sp³-hybridized carbons (Fsp3) is 0.455. The van der Waals surface area contributed by atoms with Gasteiger partial charge in [-0.2, -0.15) is 0 Å². The highest BCUT2D eigenvalue weighted by Gasteiger charge is 1.97. The first-order valence-corrected chi connectivity index (χ1v) is 5.95. The molecule has 0 atom stereocenters. The van der Waals surface area contributed by atoms with Crippen LogP contribution >= 0.6 is 11.8 Å². The second-order valence-corrected chi connectivity index (χ2v) is 4.21. The number of terminal acetylenes is 1. The Kier molecular flexibility index (Phi) is 4.99. The summed E-state index contributed by atoms with van der Waals surface area (Å²) >= 11 is 1.73. The number of rotatable bonds is 5. The largest absolute Gasteiger partial charge is 0.368 e. The first kappa shape index (κ1) is 11.9. The molecule has 1 aromatic rings. The SMILES string of the molecule is C#CCSCCNc1cnc(C)c(C)n1. The van der Waals surface area contributed by atoms with Crippen LogP contribution in [0.4, 0.5) is 5.82 Å². The van der Waals surface area contributed by atoms with E-state index in [9.17, 15) is 0 Å². The van der Waals surface area contributed by atoms with E-state index in [1.165, 1.54) is 0 Å². The quantitative estimate of drug-likeness (QED) is 0.608. The van der Waals surface area contributed by atoms with Crippen molar-refractivity contribution in [3.8, 4) is 12.3 Å². The second kappa shape index (κ2) is 6.31. The van der Waals surface area contributed by atoms with E-state index >= 15 is 0 Å². The van der Waals surface area contributed by atoms with Gasteiger partial charge in [0.05, 0.1) is 23.3 Å². The molecule has 3 nitrogen and oxygen atoms in total. The van der Waals surface area contributed by atoms with E-state index in [-0.39, 0.29) is 0 Å². The highest BCUT2D eigenvalue weighted by Crippen LogP contribution is 2.06. The molecule has 15 heavy (non-hydrogen) atoms. The Hall–Kier alpha value is -1.21. The molecule has 0 radical (unpaired) electrons. The van der Waals surface area contributed by atoms with E-state index in [1.54, 1.807) is 18.0 Å². The van der Waals surface area contributed by atoms with Crippen molar-refractivity contribution in [2.45, 2.75) is 13.8 Å². The van der Waals surface area contributed by atoms with Crippen molar-refractivity contribution in [2.75, 3.05) is 23.4 Å². The molecule has 0 saturated carbocycles. The Balaban J connectivity index is 2.32. The van der Waals surface area contributed by atoms with Crippen molar-refractivity contribution in [3.63, 3.8) is 0 Å². The maximum absolute atomic E-state index is 5.14. The lowest BCUT2D eigenvalue weighted by Gasteiger charge is -2.05. The molecule has 0 amide bonds. The van der Waals surface area contributed by atoms with Crippen LogP contribution in [0, 0.1) is 26.2 Å². The smallest absolute Gasteiger partial charge is 0.144 e. The van der Waals surface area contributed by atoms with Gasteiger partial charge in [-0.05, 0) is 13.8 Å². The Morgan fingerprint density at radius 3 is 2.93 bits per heavy atom. The average molecular weight is 221 g/mol. The fourth-order valence-corrected chi connectivity index (χ4v) is 1.52. The van der Waals surface area contributed by atoms with Crippen molar-refractivity contribution in [1.82, 2.24) is 9.97 Å². The van der Waals surface area contributed by atoms with Gasteiger partial charge < -0.3 is 5.32 Å². The van der Waals surface area contributed by atoms with Crippen molar-refractivity contribution in [1.29, 1.82) is 0 Å². The molecule has 0 bridgehead atoms. The van der Waals surface area contributed by atoms with E-state index in [0.717, 1.165) is 35.3 Å². The lowest BCUT2D eigenvalue weighted by atomic mass is 10.3. The Morgan fingerprint density at radius 2 is 2.27 bits per heavy atom. The molecule has 4 heteroatoms. The highest BCUT2D eigenvalue weighted by molar-refractivity contribution is 7.99. The van der Waals surface area contributed by atoms with Gasteiger partial charge in [0.15, 0.2) is 0 Å². The van der Waals surface area contributed by atoms with Gasteiger partial charge in [-0.25, -0.2) is 4.98 Å². The van der Waals surface area contributed by atoms with Gasteiger partial charge in [0.1, 0.15) is 5.82 Å². The summed E-state index contributed by atoms with van der Waals surface area (Å²) in [5.41, 5.74) is 1.94. The van der Waals surface area contributed by atoms with Crippen LogP contribution in [0.2, 0.25) is 0 Å². The summed E-state index contributed by atoms with van der Waals surface area (Å²) in [6.45, 7) is 4.78. The number of hydrogen-bond acceptors (Lipinski definition) is 4. The van der Waals surface area contributed by atoms with Crippen molar-refractivity contribution >= 4 is 17.6 Å². The van der Waals surface area contributed by atoms with Gasteiger partial charge in [-0.3, -0.25) is 4.98 Å². The lowest BCUT2D eigenvalue weighted by molar-refractivity contribution is 1.03. The first-order valence-electron chi connectivity index (χ1n) is 4.79. The number of nitrogens with zero attached hydrogens (tertiary/aromatic N) is 2. The second-order valence-electron chi connectivity index (χ2n) is 3.11. The number of nitrogens with one attached hydrogen (secondary N) is 1. The molecule has 0 aliphatic carbocycles. The summed E-state index contributed by atoms with van der Waals surface area (Å²) in [4.78, 5) is 8.60. The van der Waals surface area contributed by atoms with E-state index in [2.05, 4.69) is 21.2 Å². The third-order valence-electron chi connectivity index (χ3n) is 1.93. The van der Waals surface area contributed by atoms with Gasteiger partial charge >= 0.3 is 0 Å². The van der Waals surface area contributed by atoms with Crippen LogP contribution in [0.1, 0.15) is 11.4 Å². The summed E-state index contributed by atoms with van der Waals surface area (Å²) in [5, 5.41) is 3.21. The predicted molar refractivity (Wildman–Crippen MR) is 66.2 cm³/mol. The molecule has 1 aromatic heterocycles. The van der Waals surface area contributed by atoms with Crippen LogP contribution < -0.4 is 5.32 Å². The Bertz CT molecular complexity index is 357. The van der Waals surface area contributed by atoms with Crippen LogP contribution in [-0.2, 0) is 0 Å². The zero-order valence-electron chi connectivity index (χ0n) is 9.08. The molecule has 1 rings (SSSR count). The third-order valence-corrected chi connectivity index (χ3v) is 2.79. The topological polar surface area (TPSA) is 37.8 Å². The molecule has 0 aliphatic rings. The molecule has 0 saturated heterocycles. The maximum Gasteiger partial charge on any atom is 0.144 e. The van der Waals surface area contributed by atoms with Crippen LogP contribution in [0.15, 0.2) is 6.20 Å². The minimum absolute atomic E-state index is 0.764. The molecule has 0 unspecified atom stereocenters. The highest BCUT2D eigenvalue weighted by atomic mass is 32.2. The zero-order chi connectivity index (χ0) is 11.1. The third kappa shape index (κ3) is 4.22. The van der Waals surface area contributed by atoms with Crippen molar-refractivity contribution in [2.24, 2.45) is 0 Å². The number of aryl methyl sites for hydroxylation is 2. The zero-order valence-corrected chi connectivity index (χ0v) is 9.90. The maximum atomic E-state index is 5.14. The number of hydrogen-bond donors (Lipinski definition) is 1. The number of anilines is 1. The molecular weight excluding hydrogens is 206 g/mol. The normalized spacial score (nSPS) is 9.67. The molecule has 0 aromatic carbocycles. The van der Waals surface area contributed by atoms with E-state index < -0.39 is 0 Å². The summed E-state index contributed by atoms with van der Waals surface area (Å²) in [5.74, 6) is 5.17. The van der Waals surface area contributed by atoms with Crippen LogP contribution in [0.3, 0.4) is 0 Å². The van der Waals surface area contributed by atoms with Gasteiger partial charge in [-0.1, -0.05) is 5.92 Å². The molecule has 80 valence electrons. The predicted octanol–water partition coefficient (Wildman–Crippen LogP) is 1.87. The van der Waals surface area contributed by atoms with Crippen molar-refractivity contribution < 1.29 is 0 Å². The average Bonchev–Trinajstić information content (AvgIpc) is 2.23. The molecular formula is C11H15N3S. The van der Waals surface area contributed by atoms with Gasteiger partial charge in [0, 0.05) is 12.3 Å². The molecule has 1 heterocycles. The van der Waals surface area contributed by atoms with Crippen LogP contribution in [0.25, 0.3) is 0 Å². The van der Waals surface area contributed by atoms with Gasteiger partial charge in [0.2, 0.25) is 0 Å². The minimum atomic E-state index is 0.764. The standard InChI is InChI=1S/C11H15N3S/c1-4-6-15-7-5-12-11-8-13-9(2)10(3)14-11/h1,8H,5-7H2,2-3H3,(H,12,14). The summed E-state index contributed by atoms with van der Waals surface area (Å²) in [7, 11) is 0. The molecule has 0 fully saturated rings. The molecule has 1 N–H and O–H groups in total. The monoisotopic (exact) mass is 221 g/mol. The Morgan fingerprint density at radius 1 is 1.47 bits per heavy atom. The fourth-order valence-electron chi connectivity index (χ4n) is 1.01. The molecule has 0 aliphatic heterocycles. The molecule has 0 spiro atoms. The Labute approximate surface area is 95.1 Å². The summed E-state index contributed by atoms with van der Waals surface area (Å²) < 4.78 is 0. The minimum Gasteiger partial charge on any atom is -0.368 e. The van der Waals surface area contributed by atoms with Crippen LogP contribution in [-0.4, -0.2) is 28.0 Å². The number of aromatic nitrogens is 2. The van der Waals surface area contributed by atoms with E-state index in [0.29, 0.717) is 0 Å². The first-order chi connectivity index (χ1) is 7.24. The lowest BCUT2D eigenvalue weighted by Crippen LogP contribution is -2.07. The van der Waals surface area contributed by atoms with Gasteiger partial charge in [-0.15, -0.1) is 18.2 Å². The summed E-state index contributed by atoms with van der Waals surface area (Å²) in [6, 6.07) is 0. The van der Waals surface area contributed by atoms with Crippen molar-refractivity contribution in [3.05, 3.63) is 17.6 Å². The number of thioether (sulfide) groups is 1. The van der Waals surface area contributed by atoms with E-state index in [4.69, 9.17) is 6.42 Å².